The van der Waals surface area contributed by atoms with Crippen LogP contribution < -0.4 is 4.74 Å². The zero-order valence-corrected chi connectivity index (χ0v) is 13.8. The van der Waals surface area contributed by atoms with Crippen molar-refractivity contribution in [1.29, 1.82) is 0 Å². The van der Waals surface area contributed by atoms with Gasteiger partial charge < -0.3 is 9.64 Å². The molecule has 3 rings (SSSR count). The van der Waals surface area contributed by atoms with E-state index in [4.69, 9.17) is 4.74 Å². The molecule has 122 valence electrons. The molecule has 1 amide bonds. The number of para-hydroxylation sites is 1. The van der Waals surface area contributed by atoms with Crippen LogP contribution in [0.3, 0.4) is 0 Å². The molecule has 0 radical (unpaired) electrons. The van der Waals surface area contributed by atoms with Gasteiger partial charge in [0.15, 0.2) is 9.84 Å². The summed E-state index contributed by atoms with van der Waals surface area (Å²) in [5.74, 6) is 0.279. The third kappa shape index (κ3) is 2.76. The third-order valence-electron chi connectivity index (χ3n) is 4.18. The minimum Gasteiger partial charge on any atom is -0.481 e. The van der Waals surface area contributed by atoms with Crippen molar-refractivity contribution >= 4 is 26.6 Å². The van der Waals surface area contributed by atoms with Crippen molar-refractivity contribution in [1.82, 2.24) is 9.88 Å². The molecule has 0 saturated carbocycles. The van der Waals surface area contributed by atoms with Crippen LogP contribution in [0.25, 0.3) is 10.9 Å². The number of benzene rings is 1. The van der Waals surface area contributed by atoms with Crippen molar-refractivity contribution in [3.8, 4) is 5.88 Å². The van der Waals surface area contributed by atoms with E-state index in [1.807, 2.05) is 24.3 Å². The van der Waals surface area contributed by atoms with Gasteiger partial charge in [-0.2, -0.15) is 0 Å². The van der Waals surface area contributed by atoms with Crippen LogP contribution in [-0.4, -0.2) is 55.4 Å². The first-order valence-corrected chi connectivity index (χ1v) is 9.12. The number of nitrogens with zero attached hydrogens (tertiary/aromatic N) is 2. The highest BCUT2D eigenvalue weighted by atomic mass is 32.2. The van der Waals surface area contributed by atoms with Crippen LogP contribution in [0.4, 0.5) is 0 Å². The number of rotatable bonds is 4. The summed E-state index contributed by atoms with van der Waals surface area (Å²) < 4.78 is 28.8. The summed E-state index contributed by atoms with van der Waals surface area (Å²) in [7, 11) is -1.60. The van der Waals surface area contributed by atoms with E-state index in [1.165, 1.54) is 7.11 Å². The van der Waals surface area contributed by atoms with Crippen molar-refractivity contribution < 1.29 is 17.9 Å². The molecule has 1 aliphatic rings. The van der Waals surface area contributed by atoms with Crippen molar-refractivity contribution in [2.24, 2.45) is 0 Å². The highest BCUT2D eigenvalue weighted by Gasteiger charge is 2.39. The van der Waals surface area contributed by atoms with Crippen LogP contribution in [0.2, 0.25) is 0 Å². The van der Waals surface area contributed by atoms with Gasteiger partial charge in [0.25, 0.3) is 5.91 Å². The lowest BCUT2D eigenvalue weighted by molar-refractivity contribution is 0.0660. The molecule has 0 spiro atoms. The molecule has 0 bridgehead atoms. The number of amides is 1. The molecular formula is C16H18N2O4S. The number of fused-ring (bicyclic) bond motifs is 1. The summed E-state index contributed by atoms with van der Waals surface area (Å²) in [6.07, 6.45) is 0. The number of aromatic nitrogens is 1. The van der Waals surface area contributed by atoms with E-state index in [-0.39, 0.29) is 24.7 Å². The Labute approximate surface area is 135 Å². The van der Waals surface area contributed by atoms with Crippen molar-refractivity contribution in [2.75, 3.05) is 26.0 Å². The van der Waals surface area contributed by atoms with Crippen molar-refractivity contribution in [2.45, 2.75) is 12.2 Å². The fourth-order valence-electron chi connectivity index (χ4n) is 2.67. The highest BCUT2D eigenvalue weighted by Crippen LogP contribution is 2.26. The quantitative estimate of drug-likeness (QED) is 0.847. The standard InChI is InChI=1S/C16H18N2O4S/c1-3-23(20,21)11-9-18(10-11)16(19)13-8-15(22-2)17-14-7-5-4-6-12(13)14/h4-8,11H,3,9-10H2,1-2H3. The molecule has 7 heteroatoms. The lowest BCUT2D eigenvalue weighted by Gasteiger charge is -2.38. The van der Waals surface area contributed by atoms with Gasteiger partial charge in [0.05, 0.1) is 23.4 Å². The first-order chi connectivity index (χ1) is 11.0. The second-order valence-corrected chi connectivity index (χ2v) is 8.08. The van der Waals surface area contributed by atoms with Gasteiger partial charge in [0.2, 0.25) is 5.88 Å². The lowest BCUT2D eigenvalue weighted by atomic mass is 10.1. The number of methoxy groups -OCH3 is 1. The molecule has 6 nitrogen and oxygen atoms in total. The van der Waals surface area contributed by atoms with E-state index < -0.39 is 15.1 Å². The third-order valence-corrected chi connectivity index (χ3v) is 6.30. The summed E-state index contributed by atoms with van der Waals surface area (Å²) in [4.78, 5) is 18.6. The van der Waals surface area contributed by atoms with Crippen LogP contribution in [-0.2, 0) is 9.84 Å². The summed E-state index contributed by atoms with van der Waals surface area (Å²) in [6.45, 7) is 2.11. The molecule has 0 unspecified atom stereocenters. The Balaban J connectivity index is 1.91. The fraction of sp³-hybridized carbons (Fsp3) is 0.375. The van der Waals surface area contributed by atoms with Crippen LogP contribution in [0.5, 0.6) is 5.88 Å². The average Bonchev–Trinajstić information content (AvgIpc) is 2.51. The summed E-state index contributed by atoms with van der Waals surface area (Å²) in [5.41, 5.74) is 1.16. The first-order valence-electron chi connectivity index (χ1n) is 7.41. The minimum atomic E-state index is -3.10. The molecule has 0 aliphatic carbocycles. The van der Waals surface area contributed by atoms with Crippen LogP contribution >= 0.6 is 0 Å². The second kappa shape index (κ2) is 5.81. The molecular weight excluding hydrogens is 316 g/mol. The van der Waals surface area contributed by atoms with E-state index >= 15 is 0 Å². The van der Waals surface area contributed by atoms with Gasteiger partial charge in [-0.1, -0.05) is 25.1 Å². The highest BCUT2D eigenvalue weighted by molar-refractivity contribution is 7.92. The Bertz CT molecular complexity index is 858. The van der Waals surface area contributed by atoms with Crippen LogP contribution in [0, 0.1) is 0 Å². The molecule has 1 saturated heterocycles. The Morgan fingerprint density at radius 2 is 2.04 bits per heavy atom. The van der Waals surface area contributed by atoms with E-state index in [0.29, 0.717) is 17.0 Å². The Hall–Kier alpha value is -2.15. The van der Waals surface area contributed by atoms with Gasteiger partial charge in [-0.15, -0.1) is 0 Å². The monoisotopic (exact) mass is 334 g/mol. The SMILES string of the molecule is CCS(=O)(=O)C1CN(C(=O)c2cc(OC)nc3ccccc23)C1. The second-order valence-electron chi connectivity index (χ2n) is 5.51. The van der Waals surface area contributed by atoms with Gasteiger partial charge in [-0.05, 0) is 6.07 Å². The Morgan fingerprint density at radius 1 is 1.35 bits per heavy atom. The largest absolute Gasteiger partial charge is 0.481 e. The molecule has 0 atom stereocenters. The molecule has 1 aromatic carbocycles. The van der Waals surface area contributed by atoms with Crippen molar-refractivity contribution in [3.05, 3.63) is 35.9 Å². The Morgan fingerprint density at radius 3 is 2.70 bits per heavy atom. The summed E-state index contributed by atoms with van der Waals surface area (Å²) in [6, 6.07) is 8.93. The zero-order valence-electron chi connectivity index (χ0n) is 13.0. The van der Waals surface area contributed by atoms with E-state index in [9.17, 15) is 13.2 Å². The number of ether oxygens (including phenoxy) is 1. The fourth-order valence-corrected chi connectivity index (χ4v) is 3.96. The predicted octanol–water partition coefficient (Wildman–Crippen LogP) is 1.50. The number of hydrogen-bond acceptors (Lipinski definition) is 5. The van der Waals surface area contributed by atoms with Gasteiger partial charge in [0.1, 0.15) is 0 Å². The van der Waals surface area contributed by atoms with Gasteiger partial charge in [0, 0.05) is 30.3 Å². The lowest BCUT2D eigenvalue weighted by Crippen LogP contribution is -2.57. The number of sulfone groups is 1. The molecule has 2 heterocycles. The summed E-state index contributed by atoms with van der Waals surface area (Å²) in [5, 5.41) is 0.284. The minimum absolute atomic E-state index is 0.103. The molecule has 1 fully saturated rings. The average molecular weight is 334 g/mol. The van der Waals surface area contributed by atoms with Crippen LogP contribution in [0.15, 0.2) is 30.3 Å². The van der Waals surface area contributed by atoms with Gasteiger partial charge >= 0.3 is 0 Å². The Kier molecular flexibility index (Phi) is 3.97. The number of hydrogen-bond donors (Lipinski definition) is 0. The normalized spacial score (nSPS) is 15.5. The number of pyridine rings is 1. The van der Waals surface area contributed by atoms with E-state index in [2.05, 4.69) is 4.98 Å². The number of carbonyl (C=O) groups excluding carboxylic acids is 1. The van der Waals surface area contributed by atoms with E-state index in [0.717, 1.165) is 5.39 Å². The molecule has 1 aromatic heterocycles. The molecule has 0 N–H and O–H groups in total. The smallest absolute Gasteiger partial charge is 0.254 e. The maximum Gasteiger partial charge on any atom is 0.254 e. The van der Waals surface area contributed by atoms with E-state index in [1.54, 1.807) is 17.9 Å². The molecule has 1 aliphatic heterocycles. The molecule has 23 heavy (non-hydrogen) atoms. The first kappa shape index (κ1) is 15.7. The van der Waals surface area contributed by atoms with Gasteiger partial charge in [-0.25, -0.2) is 13.4 Å². The zero-order chi connectivity index (χ0) is 16.6. The summed E-state index contributed by atoms with van der Waals surface area (Å²) >= 11 is 0. The van der Waals surface area contributed by atoms with Gasteiger partial charge in [-0.3, -0.25) is 4.79 Å². The maximum absolute atomic E-state index is 12.7. The van der Waals surface area contributed by atoms with Crippen LogP contribution in [0.1, 0.15) is 17.3 Å². The number of likely N-dealkylation sites (tertiary alicyclic amines) is 1. The maximum atomic E-state index is 12.7. The predicted molar refractivity (Wildman–Crippen MR) is 87.4 cm³/mol. The molecule has 2 aromatic rings. The number of carbonyl (C=O) groups is 1. The van der Waals surface area contributed by atoms with Crippen molar-refractivity contribution in [3.63, 3.8) is 0 Å². The topological polar surface area (TPSA) is 76.6 Å².